The van der Waals surface area contributed by atoms with E-state index in [-0.39, 0.29) is 5.41 Å². The fraction of sp³-hybridized carbons (Fsp3) is 0.941. The van der Waals surface area contributed by atoms with Gasteiger partial charge in [-0.25, -0.2) is 0 Å². The maximum Gasteiger partial charge on any atom is 0.226 e. The molecule has 114 valence electrons. The summed E-state index contributed by atoms with van der Waals surface area (Å²) in [6.45, 7) is 4.43. The van der Waals surface area contributed by atoms with Gasteiger partial charge in [0.1, 0.15) is 0 Å². The Hall–Kier alpha value is -0.0500. The molecule has 4 fully saturated rings. The molecule has 1 amide bonds. The van der Waals surface area contributed by atoms with Gasteiger partial charge >= 0.3 is 0 Å². The standard InChI is InChI=1S/C17H28BrNO/c1-11(2)15(3-4-18)19-16(20)17-8-12-5-13(9-17)7-14(6-12)10-17/h11-15H,3-10H2,1-2H3,(H,19,20). The minimum Gasteiger partial charge on any atom is -0.353 e. The number of alkyl halides is 1. The zero-order valence-corrected chi connectivity index (χ0v) is 14.4. The summed E-state index contributed by atoms with van der Waals surface area (Å²) in [7, 11) is 0. The van der Waals surface area contributed by atoms with Crippen LogP contribution in [0.1, 0.15) is 58.8 Å². The number of hydrogen-bond donors (Lipinski definition) is 1. The lowest BCUT2D eigenvalue weighted by atomic mass is 9.49. The van der Waals surface area contributed by atoms with Gasteiger partial charge in [0.25, 0.3) is 0 Å². The van der Waals surface area contributed by atoms with E-state index in [1.807, 2.05) is 0 Å². The smallest absolute Gasteiger partial charge is 0.226 e. The van der Waals surface area contributed by atoms with Gasteiger partial charge in [0.05, 0.1) is 0 Å². The van der Waals surface area contributed by atoms with E-state index < -0.39 is 0 Å². The van der Waals surface area contributed by atoms with E-state index in [0.717, 1.165) is 29.5 Å². The summed E-state index contributed by atoms with van der Waals surface area (Å²) in [6.07, 6.45) is 8.76. The van der Waals surface area contributed by atoms with E-state index in [2.05, 4.69) is 35.1 Å². The molecule has 0 aliphatic heterocycles. The number of rotatable bonds is 5. The summed E-state index contributed by atoms with van der Waals surface area (Å²) >= 11 is 3.52. The van der Waals surface area contributed by atoms with Crippen molar-refractivity contribution in [2.45, 2.75) is 64.8 Å². The van der Waals surface area contributed by atoms with E-state index in [4.69, 9.17) is 0 Å². The summed E-state index contributed by atoms with van der Waals surface area (Å²) in [5.41, 5.74) is 0.00814. The molecule has 1 atom stereocenters. The van der Waals surface area contributed by atoms with Gasteiger partial charge in [0.2, 0.25) is 5.91 Å². The quantitative estimate of drug-likeness (QED) is 0.748. The lowest BCUT2D eigenvalue weighted by Gasteiger charge is -2.56. The van der Waals surface area contributed by atoms with Gasteiger partial charge in [-0.2, -0.15) is 0 Å². The topological polar surface area (TPSA) is 29.1 Å². The van der Waals surface area contributed by atoms with Crippen LogP contribution >= 0.6 is 15.9 Å². The molecule has 4 saturated carbocycles. The second-order valence-electron chi connectivity index (χ2n) is 8.00. The Bertz CT molecular complexity index is 344. The molecule has 0 aromatic rings. The third-order valence-corrected chi connectivity index (χ3v) is 6.52. The maximum absolute atomic E-state index is 13.0. The first-order valence-corrected chi connectivity index (χ1v) is 9.51. The SMILES string of the molecule is CC(C)C(CCBr)NC(=O)C12CC3CC(CC(C3)C1)C2. The zero-order chi connectivity index (χ0) is 14.3. The monoisotopic (exact) mass is 341 g/mol. The van der Waals surface area contributed by atoms with E-state index >= 15 is 0 Å². The van der Waals surface area contributed by atoms with Crippen molar-refractivity contribution < 1.29 is 4.79 Å². The molecule has 1 unspecified atom stereocenters. The van der Waals surface area contributed by atoms with Crippen molar-refractivity contribution in [3.8, 4) is 0 Å². The molecular weight excluding hydrogens is 314 g/mol. The van der Waals surface area contributed by atoms with Crippen LogP contribution < -0.4 is 5.32 Å². The third-order valence-electron chi connectivity index (χ3n) is 6.06. The number of carbonyl (C=O) groups is 1. The molecule has 4 rings (SSSR count). The molecule has 4 aliphatic carbocycles. The molecule has 1 N–H and O–H groups in total. The Morgan fingerprint density at radius 3 is 2.05 bits per heavy atom. The molecule has 4 bridgehead atoms. The van der Waals surface area contributed by atoms with Gasteiger partial charge in [-0.05, 0) is 68.6 Å². The number of amides is 1. The molecule has 0 aromatic carbocycles. The lowest BCUT2D eigenvalue weighted by molar-refractivity contribution is -0.147. The van der Waals surface area contributed by atoms with Crippen molar-refractivity contribution in [2.75, 3.05) is 5.33 Å². The summed E-state index contributed by atoms with van der Waals surface area (Å²) in [4.78, 5) is 13.0. The highest BCUT2D eigenvalue weighted by molar-refractivity contribution is 9.09. The van der Waals surface area contributed by atoms with E-state index in [1.54, 1.807) is 0 Å². The highest BCUT2D eigenvalue weighted by Gasteiger charge is 2.54. The fourth-order valence-corrected chi connectivity index (χ4v) is 5.89. The zero-order valence-electron chi connectivity index (χ0n) is 12.8. The minimum atomic E-state index is 0.00814. The number of halogens is 1. The summed E-state index contributed by atoms with van der Waals surface area (Å²) in [5.74, 6) is 3.45. The Kier molecular flexibility index (Phi) is 4.18. The van der Waals surface area contributed by atoms with Gasteiger partial charge < -0.3 is 5.32 Å². The van der Waals surface area contributed by atoms with Crippen LogP contribution in [0.2, 0.25) is 0 Å². The molecular formula is C17H28BrNO. The number of nitrogens with one attached hydrogen (secondary N) is 1. The largest absolute Gasteiger partial charge is 0.353 e. The Labute approximate surface area is 131 Å². The third kappa shape index (κ3) is 2.67. The average molecular weight is 342 g/mol. The molecule has 0 saturated heterocycles. The van der Waals surface area contributed by atoms with Crippen LogP contribution in [0, 0.1) is 29.1 Å². The summed E-state index contributed by atoms with van der Waals surface area (Å²) in [5, 5.41) is 4.37. The summed E-state index contributed by atoms with van der Waals surface area (Å²) < 4.78 is 0. The Morgan fingerprint density at radius 2 is 1.65 bits per heavy atom. The van der Waals surface area contributed by atoms with Gasteiger partial charge in [-0.3, -0.25) is 4.79 Å². The van der Waals surface area contributed by atoms with Crippen LogP contribution in [-0.2, 0) is 4.79 Å². The lowest BCUT2D eigenvalue weighted by Crippen LogP contribution is -2.55. The normalized spacial score (nSPS) is 40.1. The molecule has 0 aromatic heterocycles. The van der Waals surface area contributed by atoms with Crippen LogP contribution in [0.5, 0.6) is 0 Å². The molecule has 0 spiro atoms. The van der Waals surface area contributed by atoms with Crippen molar-refractivity contribution in [3.05, 3.63) is 0 Å². The van der Waals surface area contributed by atoms with E-state index in [1.165, 1.54) is 38.5 Å². The second-order valence-corrected chi connectivity index (χ2v) is 8.79. The first kappa shape index (κ1) is 14.9. The van der Waals surface area contributed by atoms with Crippen LogP contribution in [0.25, 0.3) is 0 Å². The Morgan fingerprint density at radius 1 is 1.15 bits per heavy atom. The minimum absolute atomic E-state index is 0.00814. The van der Waals surface area contributed by atoms with E-state index in [9.17, 15) is 4.79 Å². The van der Waals surface area contributed by atoms with Crippen molar-refractivity contribution in [2.24, 2.45) is 29.1 Å². The van der Waals surface area contributed by atoms with Gasteiger partial charge in [0, 0.05) is 16.8 Å². The Balaban J connectivity index is 1.70. The second kappa shape index (κ2) is 5.62. The average Bonchev–Trinajstić information content (AvgIpc) is 2.36. The predicted molar refractivity (Wildman–Crippen MR) is 85.8 cm³/mol. The van der Waals surface area contributed by atoms with E-state index in [0.29, 0.717) is 17.9 Å². The van der Waals surface area contributed by atoms with Crippen molar-refractivity contribution >= 4 is 21.8 Å². The van der Waals surface area contributed by atoms with Gasteiger partial charge in [-0.1, -0.05) is 29.8 Å². The molecule has 20 heavy (non-hydrogen) atoms. The fourth-order valence-electron chi connectivity index (χ4n) is 5.40. The number of carbonyl (C=O) groups excluding carboxylic acids is 1. The molecule has 3 heteroatoms. The molecule has 0 radical (unpaired) electrons. The van der Waals surface area contributed by atoms with Gasteiger partial charge in [-0.15, -0.1) is 0 Å². The van der Waals surface area contributed by atoms with Crippen LogP contribution in [0.3, 0.4) is 0 Å². The van der Waals surface area contributed by atoms with Crippen molar-refractivity contribution in [1.82, 2.24) is 5.32 Å². The van der Waals surface area contributed by atoms with Crippen molar-refractivity contribution in [1.29, 1.82) is 0 Å². The van der Waals surface area contributed by atoms with Crippen LogP contribution in [0.4, 0.5) is 0 Å². The molecule has 2 nitrogen and oxygen atoms in total. The van der Waals surface area contributed by atoms with Crippen LogP contribution in [0.15, 0.2) is 0 Å². The molecule has 4 aliphatic rings. The highest BCUT2D eigenvalue weighted by Crippen LogP contribution is 2.60. The first-order valence-electron chi connectivity index (χ1n) is 8.39. The number of hydrogen-bond acceptors (Lipinski definition) is 1. The first-order chi connectivity index (χ1) is 9.52. The maximum atomic E-state index is 13.0. The predicted octanol–water partition coefficient (Wildman–Crippen LogP) is 4.13. The highest BCUT2D eigenvalue weighted by atomic mass is 79.9. The summed E-state index contributed by atoms with van der Waals surface area (Å²) in [6, 6.07) is 0.329. The van der Waals surface area contributed by atoms with Crippen molar-refractivity contribution in [3.63, 3.8) is 0 Å². The van der Waals surface area contributed by atoms with Gasteiger partial charge in [0.15, 0.2) is 0 Å². The molecule has 0 heterocycles. The van der Waals surface area contributed by atoms with Crippen LogP contribution in [-0.4, -0.2) is 17.3 Å².